The molecule has 0 aliphatic carbocycles. The number of benzene rings is 1. The molecule has 3 amide bonds. The lowest BCUT2D eigenvalue weighted by molar-refractivity contribution is -0.142. The predicted molar refractivity (Wildman–Crippen MR) is 105 cm³/mol. The van der Waals surface area contributed by atoms with Crippen LogP contribution in [0.1, 0.15) is 51.7 Å². The van der Waals surface area contributed by atoms with Crippen molar-refractivity contribution in [2.75, 3.05) is 13.1 Å². The van der Waals surface area contributed by atoms with Gasteiger partial charge in [0.25, 0.3) is 0 Å². The number of carbonyl (C=O) groups excluding carboxylic acids is 3. The second-order valence-electron chi connectivity index (χ2n) is 8.01. The summed E-state index contributed by atoms with van der Waals surface area (Å²) in [6, 6.07) is 7.47. The van der Waals surface area contributed by atoms with Crippen LogP contribution in [0.2, 0.25) is 0 Å². The van der Waals surface area contributed by atoms with Crippen molar-refractivity contribution in [2.45, 2.75) is 59.5 Å². The zero-order valence-corrected chi connectivity index (χ0v) is 16.8. The Morgan fingerprint density at radius 2 is 1.78 bits per heavy atom. The van der Waals surface area contributed by atoms with Crippen molar-refractivity contribution in [3.63, 3.8) is 0 Å². The first-order chi connectivity index (χ1) is 12.7. The van der Waals surface area contributed by atoms with Crippen molar-refractivity contribution in [1.29, 1.82) is 0 Å². The Morgan fingerprint density at radius 1 is 1.11 bits per heavy atom. The maximum Gasteiger partial charge on any atom is 0.243 e. The van der Waals surface area contributed by atoms with E-state index in [4.69, 9.17) is 0 Å². The molecule has 0 radical (unpaired) electrons. The predicted octanol–water partition coefficient (Wildman–Crippen LogP) is 2.02. The highest BCUT2D eigenvalue weighted by atomic mass is 16.2. The van der Waals surface area contributed by atoms with Crippen LogP contribution < -0.4 is 10.6 Å². The average molecular weight is 373 g/mol. The number of hydrogen-bond acceptors (Lipinski definition) is 3. The highest BCUT2D eigenvalue weighted by molar-refractivity contribution is 5.88. The van der Waals surface area contributed by atoms with Crippen LogP contribution in [0.15, 0.2) is 24.3 Å². The van der Waals surface area contributed by atoms with Gasteiger partial charge in [-0.25, -0.2) is 0 Å². The normalized spacial score (nSPS) is 16.4. The number of carbonyl (C=O) groups is 3. The van der Waals surface area contributed by atoms with Crippen LogP contribution in [0.4, 0.5) is 0 Å². The molecule has 27 heavy (non-hydrogen) atoms. The maximum atomic E-state index is 12.8. The molecule has 0 aromatic heterocycles. The van der Waals surface area contributed by atoms with Gasteiger partial charge in [-0.05, 0) is 24.5 Å². The van der Waals surface area contributed by atoms with Gasteiger partial charge in [-0.3, -0.25) is 14.4 Å². The summed E-state index contributed by atoms with van der Waals surface area (Å²) in [5.74, 6) is -0.186. The fourth-order valence-electron chi connectivity index (χ4n) is 3.16. The minimum atomic E-state index is -0.475. The molecule has 6 nitrogen and oxygen atoms in total. The standard InChI is InChI=1S/C21H31N3O3/c1-5-22-19(26)17-13-15-9-6-7-10-16(15)14-24(17)18(25)11-8-12-23-20(27)21(2,3)4/h6-7,9-10,17H,5,8,11-14H2,1-4H3,(H,22,26)(H,23,27)/t17-/m1/s1. The third-order valence-electron chi connectivity index (χ3n) is 4.76. The van der Waals surface area contributed by atoms with Gasteiger partial charge in [-0.2, -0.15) is 0 Å². The molecule has 1 aromatic carbocycles. The molecule has 0 unspecified atom stereocenters. The van der Waals surface area contributed by atoms with Gasteiger partial charge in [0.15, 0.2) is 0 Å². The highest BCUT2D eigenvalue weighted by Gasteiger charge is 2.33. The Bertz CT molecular complexity index is 694. The van der Waals surface area contributed by atoms with E-state index >= 15 is 0 Å². The monoisotopic (exact) mass is 373 g/mol. The van der Waals surface area contributed by atoms with E-state index in [1.54, 1.807) is 4.90 Å². The van der Waals surface area contributed by atoms with E-state index in [-0.39, 0.29) is 17.7 Å². The molecule has 6 heteroatoms. The van der Waals surface area contributed by atoms with Crippen molar-refractivity contribution in [2.24, 2.45) is 5.41 Å². The lowest BCUT2D eigenvalue weighted by atomic mass is 9.93. The van der Waals surface area contributed by atoms with Crippen LogP contribution in [-0.2, 0) is 27.3 Å². The Labute approximate surface area is 161 Å². The van der Waals surface area contributed by atoms with Gasteiger partial charge in [0.2, 0.25) is 17.7 Å². The number of nitrogens with one attached hydrogen (secondary N) is 2. The third-order valence-corrected chi connectivity index (χ3v) is 4.76. The first-order valence-electron chi connectivity index (χ1n) is 9.66. The van der Waals surface area contributed by atoms with Crippen LogP contribution in [0, 0.1) is 5.41 Å². The van der Waals surface area contributed by atoms with Crippen LogP contribution in [0.5, 0.6) is 0 Å². The summed E-state index contributed by atoms with van der Waals surface area (Å²) in [5.41, 5.74) is 1.77. The van der Waals surface area contributed by atoms with Crippen LogP contribution in [-0.4, -0.2) is 41.8 Å². The lowest BCUT2D eigenvalue weighted by Crippen LogP contribution is -2.52. The molecule has 1 aromatic rings. The van der Waals surface area contributed by atoms with Crippen molar-refractivity contribution >= 4 is 17.7 Å². The Hall–Kier alpha value is -2.37. The van der Waals surface area contributed by atoms with E-state index in [1.165, 1.54) is 0 Å². The van der Waals surface area contributed by atoms with E-state index in [0.717, 1.165) is 11.1 Å². The molecule has 2 N–H and O–H groups in total. The lowest BCUT2D eigenvalue weighted by Gasteiger charge is -2.36. The second kappa shape index (κ2) is 9.02. The molecular formula is C21H31N3O3. The number of nitrogens with zero attached hydrogens (tertiary/aromatic N) is 1. The molecule has 0 bridgehead atoms. The zero-order chi connectivity index (χ0) is 20.0. The van der Waals surface area contributed by atoms with Gasteiger partial charge in [0.05, 0.1) is 0 Å². The van der Waals surface area contributed by atoms with E-state index in [0.29, 0.717) is 38.9 Å². The Kier molecular flexibility index (Phi) is 6.99. The Balaban J connectivity index is 1.99. The van der Waals surface area contributed by atoms with Crippen LogP contribution >= 0.6 is 0 Å². The van der Waals surface area contributed by atoms with Crippen LogP contribution in [0.3, 0.4) is 0 Å². The summed E-state index contributed by atoms with van der Waals surface area (Å²) in [6.07, 6.45) is 1.40. The number of rotatable bonds is 6. The van der Waals surface area contributed by atoms with Gasteiger partial charge in [0, 0.05) is 37.9 Å². The fraction of sp³-hybridized carbons (Fsp3) is 0.571. The quantitative estimate of drug-likeness (QED) is 0.749. The topological polar surface area (TPSA) is 78.5 Å². The third kappa shape index (κ3) is 5.55. The van der Waals surface area contributed by atoms with Crippen molar-refractivity contribution in [1.82, 2.24) is 15.5 Å². The smallest absolute Gasteiger partial charge is 0.243 e. The minimum absolute atomic E-state index is 0.0259. The number of hydrogen-bond donors (Lipinski definition) is 2. The van der Waals surface area contributed by atoms with E-state index in [2.05, 4.69) is 10.6 Å². The van der Waals surface area contributed by atoms with E-state index < -0.39 is 11.5 Å². The minimum Gasteiger partial charge on any atom is -0.356 e. The first-order valence-corrected chi connectivity index (χ1v) is 9.66. The van der Waals surface area contributed by atoms with Crippen LogP contribution in [0.25, 0.3) is 0 Å². The summed E-state index contributed by atoms with van der Waals surface area (Å²) in [4.78, 5) is 38.9. The molecule has 0 spiro atoms. The van der Waals surface area contributed by atoms with Gasteiger partial charge >= 0.3 is 0 Å². The highest BCUT2D eigenvalue weighted by Crippen LogP contribution is 2.24. The van der Waals surface area contributed by atoms with E-state index in [9.17, 15) is 14.4 Å². The molecule has 2 rings (SSSR count). The first kappa shape index (κ1) is 20.9. The van der Waals surface area contributed by atoms with Gasteiger partial charge in [0.1, 0.15) is 6.04 Å². The number of fused-ring (bicyclic) bond motifs is 1. The Morgan fingerprint density at radius 3 is 2.41 bits per heavy atom. The molecule has 1 aliphatic rings. The van der Waals surface area contributed by atoms with Gasteiger partial charge in [-0.1, -0.05) is 45.0 Å². The molecule has 0 saturated heterocycles. The van der Waals surface area contributed by atoms with Crippen molar-refractivity contribution in [3.05, 3.63) is 35.4 Å². The summed E-state index contributed by atoms with van der Waals surface area (Å²) in [7, 11) is 0. The summed E-state index contributed by atoms with van der Waals surface area (Å²) >= 11 is 0. The van der Waals surface area contributed by atoms with Crippen molar-refractivity contribution < 1.29 is 14.4 Å². The van der Waals surface area contributed by atoms with Gasteiger partial charge < -0.3 is 15.5 Å². The maximum absolute atomic E-state index is 12.8. The molecule has 0 fully saturated rings. The molecule has 1 heterocycles. The summed E-state index contributed by atoms with van der Waals surface area (Å²) < 4.78 is 0. The molecule has 1 atom stereocenters. The SMILES string of the molecule is CCNC(=O)[C@H]1Cc2ccccc2CN1C(=O)CCCNC(=O)C(C)(C)C. The molecule has 148 valence electrons. The summed E-state index contributed by atoms with van der Waals surface area (Å²) in [5, 5.41) is 5.70. The average Bonchev–Trinajstić information content (AvgIpc) is 2.63. The van der Waals surface area contributed by atoms with E-state index in [1.807, 2.05) is 52.0 Å². The van der Waals surface area contributed by atoms with Crippen molar-refractivity contribution in [3.8, 4) is 0 Å². The van der Waals surface area contributed by atoms with Gasteiger partial charge in [-0.15, -0.1) is 0 Å². The molecule has 0 saturated carbocycles. The molecular weight excluding hydrogens is 342 g/mol. The fourth-order valence-corrected chi connectivity index (χ4v) is 3.16. The molecule has 1 aliphatic heterocycles. The largest absolute Gasteiger partial charge is 0.356 e. The number of amides is 3. The number of likely N-dealkylation sites (N-methyl/N-ethyl adjacent to an activating group) is 1. The summed E-state index contributed by atoms with van der Waals surface area (Å²) in [6.45, 7) is 8.89. The second-order valence-corrected chi connectivity index (χ2v) is 8.01. The zero-order valence-electron chi connectivity index (χ0n) is 16.8.